The zero-order chi connectivity index (χ0) is 18.1. The molecule has 2 fully saturated rings. The van der Waals surface area contributed by atoms with E-state index in [0.29, 0.717) is 12.8 Å². The number of aliphatic hydroxyl groups is 1. The molecule has 1 heterocycles. The Morgan fingerprint density at radius 1 is 1.33 bits per heavy atom. The third kappa shape index (κ3) is 5.54. The highest BCUT2D eigenvalue weighted by Crippen LogP contribution is 2.41. The van der Waals surface area contributed by atoms with Crippen molar-refractivity contribution in [2.75, 3.05) is 5.75 Å². The number of ether oxygens (including phenoxy) is 2. The highest BCUT2D eigenvalue weighted by molar-refractivity contribution is 7.97. The summed E-state index contributed by atoms with van der Waals surface area (Å²) in [5.41, 5.74) is 0. The number of fused-ring (bicyclic) bond motifs is 1. The quantitative estimate of drug-likeness (QED) is 0.405. The molecule has 2 aliphatic rings. The van der Waals surface area contributed by atoms with Crippen molar-refractivity contribution in [1.29, 1.82) is 0 Å². The molecule has 0 unspecified atom stereocenters. The number of hydrogen-bond donors (Lipinski definition) is 2. The van der Waals surface area contributed by atoms with Crippen molar-refractivity contribution >= 4 is 25.8 Å². The van der Waals surface area contributed by atoms with E-state index in [1.807, 2.05) is 13.8 Å². The normalized spacial score (nSPS) is 34.0. The highest BCUT2D eigenvalue weighted by atomic mass is 32.2. The van der Waals surface area contributed by atoms with Gasteiger partial charge in [-0.25, -0.2) is 0 Å². The largest absolute Gasteiger partial charge is 0.393 e. The Balaban J connectivity index is 2.01. The van der Waals surface area contributed by atoms with Gasteiger partial charge in [0, 0.05) is 26.2 Å². The molecule has 24 heavy (non-hydrogen) atoms. The van der Waals surface area contributed by atoms with Gasteiger partial charge in [-0.3, -0.25) is 9.52 Å². The minimum atomic E-state index is -1.08. The average Bonchev–Trinajstić information content (AvgIpc) is 2.70. The van der Waals surface area contributed by atoms with E-state index in [1.165, 1.54) is 6.04 Å². The molecular formula is C17H33NO4SSi. The topological polar surface area (TPSA) is 67.8 Å². The van der Waals surface area contributed by atoms with Crippen LogP contribution < -0.4 is 4.72 Å². The second kappa shape index (κ2) is 7.76. The van der Waals surface area contributed by atoms with Crippen molar-refractivity contribution in [1.82, 2.24) is 4.72 Å². The number of ketones is 1. The van der Waals surface area contributed by atoms with Crippen LogP contribution in [0.25, 0.3) is 0 Å². The molecule has 0 bridgehead atoms. The third-order valence-electron chi connectivity index (χ3n) is 4.72. The van der Waals surface area contributed by atoms with Crippen molar-refractivity contribution in [3.05, 3.63) is 0 Å². The maximum Gasteiger partial charge on any atom is 0.163 e. The van der Waals surface area contributed by atoms with E-state index in [4.69, 9.17) is 9.47 Å². The molecule has 0 spiro atoms. The fourth-order valence-electron chi connectivity index (χ4n) is 3.52. The van der Waals surface area contributed by atoms with Crippen LogP contribution in [-0.2, 0) is 14.3 Å². The van der Waals surface area contributed by atoms with Gasteiger partial charge in [0.15, 0.2) is 5.79 Å². The summed E-state index contributed by atoms with van der Waals surface area (Å²) in [7, 11) is -1.08. The summed E-state index contributed by atoms with van der Waals surface area (Å²) in [5.74, 6) is 0.398. The lowest BCUT2D eigenvalue weighted by Gasteiger charge is -2.38. The standard InChI is InChI=1S/C17H33NO4SSi/c1-11(19)15(18-23-7-8-24(4,5)6)13-9-12(20)10-14-16(13)22-17(2,3)21-14/h12-16,18,20H,7-10H2,1-6H3/t12-,13-,14-,15+,16-/m1/s1. The summed E-state index contributed by atoms with van der Waals surface area (Å²) in [6.07, 6.45) is 0.445. The molecule has 7 heteroatoms. The van der Waals surface area contributed by atoms with Crippen LogP contribution in [0.4, 0.5) is 0 Å². The average molecular weight is 376 g/mol. The molecule has 0 aromatic heterocycles. The second-order valence-electron chi connectivity index (χ2n) is 8.79. The Hall–Kier alpha value is 0.0769. The zero-order valence-corrected chi connectivity index (χ0v) is 17.6. The summed E-state index contributed by atoms with van der Waals surface area (Å²) in [5, 5.41) is 10.2. The molecule has 1 saturated heterocycles. The van der Waals surface area contributed by atoms with Gasteiger partial charge in [0.05, 0.1) is 24.4 Å². The fourth-order valence-corrected chi connectivity index (χ4v) is 7.02. The molecule has 0 aromatic carbocycles. The molecule has 2 N–H and O–H groups in total. The lowest BCUT2D eigenvalue weighted by molar-refractivity contribution is -0.150. The number of hydrogen-bond acceptors (Lipinski definition) is 6. The summed E-state index contributed by atoms with van der Waals surface area (Å²) >= 11 is 1.63. The van der Waals surface area contributed by atoms with E-state index in [-0.39, 0.29) is 30.0 Å². The molecule has 1 aliphatic heterocycles. The van der Waals surface area contributed by atoms with Crippen molar-refractivity contribution in [3.63, 3.8) is 0 Å². The lowest BCUT2D eigenvalue weighted by Crippen LogP contribution is -2.52. The van der Waals surface area contributed by atoms with Crippen LogP contribution in [0.2, 0.25) is 25.7 Å². The molecule has 0 aromatic rings. The fraction of sp³-hybridized carbons (Fsp3) is 0.941. The first-order chi connectivity index (χ1) is 11.0. The van der Waals surface area contributed by atoms with Crippen LogP contribution in [0.3, 0.4) is 0 Å². The Morgan fingerprint density at radius 3 is 2.58 bits per heavy atom. The van der Waals surface area contributed by atoms with Crippen LogP contribution in [0.15, 0.2) is 0 Å². The summed E-state index contributed by atoms with van der Waals surface area (Å²) < 4.78 is 15.4. The van der Waals surface area contributed by atoms with E-state index in [2.05, 4.69) is 24.4 Å². The van der Waals surface area contributed by atoms with Crippen molar-refractivity contribution in [2.24, 2.45) is 5.92 Å². The summed E-state index contributed by atoms with van der Waals surface area (Å²) in [6.45, 7) is 12.5. The van der Waals surface area contributed by atoms with Crippen LogP contribution in [-0.4, -0.2) is 54.9 Å². The van der Waals surface area contributed by atoms with E-state index >= 15 is 0 Å². The molecule has 140 valence electrons. The Kier molecular flexibility index (Phi) is 6.59. The van der Waals surface area contributed by atoms with Crippen LogP contribution >= 0.6 is 11.9 Å². The van der Waals surface area contributed by atoms with Gasteiger partial charge in [-0.1, -0.05) is 31.6 Å². The number of rotatable bonds is 7. The second-order valence-corrected chi connectivity index (χ2v) is 15.3. The lowest BCUT2D eigenvalue weighted by atomic mass is 9.78. The SMILES string of the molecule is CC(=O)[C@H](NSCC[Si](C)(C)C)[C@H]1C[C@@H](O)C[C@H]2OC(C)(C)O[C@H]12. The molecule has 2 rings (SSSR count). The van der Waals surface area contributed by atoms with Gasteiger partial charge >= 0.3 is 0 Å². The smallest absolute Gasteiger partial charge is 0.163 e. The van der Waals surface area contributed by atoms with Gasteiger partial charge < -0.3 is 14.6 Å². The van der Waals surface area contributed by atoms with Crippen molar-refractivity contribution in [2.45, 2.75) is 89.4 Å². The molecule has 0 radical (unpaired) electrons. The Labute approximate surface area is 151 Å². The first-order valence-electron chi connectivity index (χ1n) is 8.90. The van der Waals surface area contributed by atoms with Gasteiger partial charge in [-0.2, -0.15) is 0 Å². The number of carbonyl (C=O) groups is 1. The van der Waals surface area contributed by atoms with Gasteiger partial charge in [0.1, 0.15) is 5.78 Å². The van der Waals surface area contributed by atoms with Crippen molar-refractivity contribution in [3.8, 4) is 0 Å². The number of carbonyl (C=O) groups excluding carboxylic acids is 1. The number of aliphatic hydroxyl groups excluding tert-OH is 1. The monoisotopic (exact) mass is 375 g/mol. The first-order valence-corrected chi connectivity index (χ1v) is 13.6. The maximum atomic E-state index is 12.2. The number of nitrogens with one attached hydrogen (secondary N) is 1. The van der Waals surface area contributed by atoms with E-state index in [1.54, 1.807) is 18.9 Å². The zero-order valence-electron chi connectivity index (χ0n) is 15.8. The van der Waals surface area contributed by atoms with Crippen LogP contribution in [0.1, 0.15) is 33.6 Å². The van der Waals surface area contributed by atoms with E-state index in [0.717, 1.165) is 5.75 Å². The predicted octanol–water partition coefficient (Wildman–Crippen LogP) is 2.81. The van der Waals surface area contributed by atoms with Crippen LogP contribution in [0, 0.1) is 5.92 Å². The minimum absolute atomic E-state index is 0.0580. The Morgan fingerprint density at radius 2 is 2.00 bits per heavy atom. The molecular weight excluding hydrogens is 342 g/mol. The van der Waals surface area contributed by atoms with Gasteiger partial charge in [-0.15, -0.1) is 0 Å². The van der Waals surface area contributed by atoms with E-state index in [9.17, 15) is 9.90 Å². The minimum Gasteiger partial charge on any atom is -0.393 e. The van der Waals surface area contributed by atoms with Crippen molar-refractivity contribution < 1.29 is 19.4 Å². The van der Waals surface area contributed by atoms with Gasteiger partial charge in [0.2, 0.25) is 0 Å². The van der Waals surface area contributed by atoms with E-state index < -0.39 is 20.0 Å². The van der Waals surface area contributed by atoms with Gasteiger partial charge in [-0.05, 0) is 33.2 Å². The summed E-state index contributed by atoms with van der Waals surface area (Å²) in [4.78, 5) is 12.2. The molecule has 5 nitrogen and oxygen atoms in total. The maximum absolute atomic E-state index is 12.2. The third-order valence-corrected chi connectivity index (χ3v) is 7.66. The predicted molar refractivity (Wildman–Crippen MR) is 101 cm³/mol. The molecule has 0 amide bonds. The molecule has 5 atom stereocenters. The molecule has 1 saturated carbocycles. The highest BCUT2D eigenvalue weighted by Gasteiger charge is 2.51. The first kappa shape index (κ1) is 20.4. The summed E-state index contributed by atoms with van der Waals surface area (Å²) in [6, 6.07) is 0.901. The van der Waals surface area contributed by atoms with Crippen LogP contribution in [0.5, 0.6) is 0 Å². The number of Topliss-reactive ketones (excluding diaryl/α,β-unsaturated/α-hetero) is 1. The Bertz CT molecular complexity index is 454. The molecule has 1 aliphatic carbocycles. The van der Waals surface area contributed by atoms with Gasteiger partial charge in [0.25, 0.3) is 0 Å².